The van der Waals surface area contributed by atoms with Gasteiger partial charge in [-0.15, -0.1) is 12.4 Å². The standard InChI is InChI=1S/C15H22ClN3O3.ClH/c1-4-19(5-2)14(20)9-22-13-7-6-11(8-12(13)16)18-15(21)10(3)17;/h6-8,10H,4-5,9,17H2,1-3H3,(H,18,21);1H/t10-;/m0./s1. The van der Waals surface area contributed by atoms with Gasteiger partial charge in [0, 0.05) is 18.8 Å². The molecule has 3 N–H and O–H groups in total. The molecule has 0 saturated heterocycles. The summed E-state index contributed by atoms with van der Waals surface area (Å²) >= 11 is 6.09. The first-order chi connectivity index (χ1) is 10.4. The maximum Gasteiger partial charge on any atom is 0.260 e. The predicted molar refractivity (Wildman–Crippen MR) is 94.4 cm³/mol. The Balaban J connectivity index is 0.00000484. The Kier molecular flexibility index (Phi) is 9.64. The number of carbonyl (C=O) groups is 2. The number of nitrogens with one attached hydrogen (secondary N) is 1. The Morgan fingerprint density at radius 3 is 2.43 bits per heavy atom. The number of rotatable bonds is 7. The molecule has 8 heteroatoms. The maximum atomic E-state index is 11.9. The second-order valence-electron chi connectivity index (χ2n) is 4.78. The average molecular weight is 364 g/mol. The minimum atomic E-state index is -0.610. The summed E-state index contributed by atoms with van der Waals surface area (Å²) in [6.07, 6.45) is 0. The molecule has 0 aliphatic carbocycles. The third-order valence-electron chi connectivity index (χ3n) is 3.08. The maximum absolute atomic E-state index is 11.9. The van der Waals surface area contributed by atoms with E-state index in [0.29, 0.717) is 29.5 Å². The second-order valence-corrected chi connectivity index (χ2v) is 5.19. The Labute approximate surface area is 147 Å². The molecular formula is C15H23Cl2N3O3. The summed E-state index contributed by atoms with van der Waals surface area (Å²) < 4.78 is 5.43. The summed E-state index contributed by atoms with van der Waals surface area (Å²) in [7, 11) is 0. The van der Waals surface area contributed by atoms with Gasteiger partial charge in [0.25, 0.3) is 5.91 Å². The fraction of sp³-hybridized carbons (Fsp3) is 0.467. The molecule has 0 spiro atoms. The Morgan fingerprint density at radius 1 is 1.35 bits per heavy atom. The van der Waals surface area contributed by atoms with E-state index < -0.39 is 6.04 Å². The molecule has 1 aromatic carbocycles. The number of ether oxygens (including phenoxy) is 1. The van der Waals surface area contributed by atoms with Gasteiger partial charge in [-0.2, -0.15) is 0 Å². The van der Waals surface area contributed by atoms with Crippen LogP contribution in [-0.2, 0) is 9.59 Å². The number of anilines is 1. The Morgan fingerprint density at radius 2 is 1.96 bits per heavy atom. The number of hydrogen-bond acceptors (Lipinski definition) is 4. The van der Waals surface area contributed by atoms with E-state index in [-0.39, 0.29) is 30.8 Å². The van der Waals surface area contributed by atoms with E-state index in [1.807, 2.05) is 13.8 Å². The number of amides is 2. The fourth-order valence-corrected chi connectivity index (χ4v) is 1.99. The van der Waals surface area contributed by atoms with Crippen LogP contribution in [0.5, 0.6) is 5.75 Å². The van der Waals surface area contributed by atoms with Gasteiger partial charge < -0.3 is 20.7 Å². The van der Waals surface area contributed by atoms with E-state index in [0.717, 1.165) is 0 Å². The van der Waals surface area contributed by atoms with Gasteiger partial charge in [-0.05, 0) is 39.0 Å². The normalized spacial score (nSPS) is 11.2. The van der Waals surface area contributed by atoms with Crippen LogP contribution >= 0.6 is 24.0 Å². The summed E-state index contributed by atoms with van der Waals surface area (Å²) in [5, 5.41) is 2.95. The highest BCUT2D eigenvalue weighted by molar-refractivity contribution is 6.32. The minimum absolute atomic E-state index is 0. The topological polar surface area (TPSA) is 84.7 Å². The van der Waals surface area contributed by atoms with Gasteiger partial charge in [0.1, 0.15) is 5.75 Å². The Bertz CT molecular complexity index is 535. The molecule has 0 saturated carbocycles. The zero-order chi connectivity index (χ0) is 16.7. The lowest BCUT2D eigenvalue weighted by Gasteiger charge is -2.19. The van der Waals surface area contributed by atoms with Crippen LogP contribution in [0.2, 0.25) is 5.02 Å². The summed E-state index contributed by atoms with van der Waals surface area (Å²) in [5.74, 6) is -0.0159. The van der Waals surface area contributed by atoms with Crippen LogP contribution < -0.4 is 15.8 Å². The van der Waals surface area contributed by atoms with Crippen LogP contribution in [0.25, 0.3) is 0 Å². The summed E-state index contributed by atoms with van der Waals surface area (Å²) in [6.45, 7) is 6.60. The molecule has 130 valence electrons. The summed E-state index contributed by atoms with van der Waals surface area (Å²) in [4.78, 5) is 25.0. The van der Waals surface area contributed by atoms with Crippen molar-refractivity contribution in [3.63, 3.8) is 0 Å². The van der Waals surface area contributed by atoms with E-state index in [1.54, 1.807) is 30.0 Å². The van der Waals surface area contributed by atoms with E-state index in [4.69, 9.17) is 22.1 Å². The molecule has 0 aliphatic heterocycles. The van der Waals surface area contributed by atoms with Crippen LogP contribution in [0.4, 0.5) is 5.69 Å². The fourth-order valence-electron chi connectivity index (χ4n) is 1.76. The molecular weight excluding hydrogens is 341 g/mol. The monoisotopic (exact) mass is 363 g/mol. The van der Waals surface area contributed by atoms with Crippen molar-refractivity contribution in [3.8, 4) is 5.75 Å². The van der Waals surface area contributed by atoms with Crippen LogP contribution in [0.1, 0.15) is 20.8 Å². The third-order valence-corrected chi connectivity index (χ3v) is 3.38. The number of benzene rings is 1. The molecule has 0 aliphatic rings. The van der Waals surface area contributed by atoms with Gasteiger partial charge in [0.2, 0.25) is 5.91 Å². The molecule has 6 nitrogen and oxygen atoms in total. The first-order valence-corrected chi connectivity index (χ1v) is 7.53. The average Bonchev–Trinajstić information content (AvgIpc) is 2.47. The second kappa shape index (κ2) is 10.3. The third kappa shape index (κ3) is 6.64. The molecule has 2 amide bonds. The summed E-state index contributed by atoms with van der Waals surface area (Å²) in [5.41, 5.74) is 6.00. The van der Waals surface area contributed by atoms with Crippen LogP contribution in [-0.4, -0.2) is 42.5 Å². The number of likely N-dealkylation sites (N-methyl/N-ethyl adjacent to an activating group) is 1. The molecule has 23 heavy (non-hydrogen) atoms. The quantitative estimate of drug-likeness (QED) is 0.778. The van der Waals surface area contributed by atoms with Crippen molar-refractivity contribution in [3.05, 3.63) is 23.2 Å². The number of hydrogen-bond donors (Lipinski definition) is 2. The molecule has 0 aromatic heterocycles. The Hall–Kier alpha value is -1.50. The minimum Gasteiger partial charge on any atom is -0.482 e. The van der Waals surface area contributed by atoms with Crippen LogP contribution in [0.15, 0.2) is 18.2 Å². The van der Waals surface area contributed by atoms with Crippen molar-refractivity contribution >= 4 is 41.5 Å². The van der Waals surface area contributed by atoms with Gasteiger partial charge in [0.05, 0.1) is 11.1 Å². The molecule has 1 aromatic rings. The smallest absolute Gasteiger partial charge is 0.260 e. The zero-order valence-corrected chi connectivity index (χ0v) is 15.0. The van der Waals surface area contributed by atoms with Crippen molar-refractivity contribution in [1.29, 1.82) is 0 Å². The van der Waals surface area contributed by atoms with Crippen LogP contribution in [0, 0.1) is 0 Å². The first kappa shape index (κ1) is 21.5. The lowest BCUT2D eigenvalue weighted by Crippen LogP contribution is -2.34. The molecule has 0 heterocycles. The zero-order valence-electron chi connectivity index (χ0n) is 13.5. The summed E-state index contributed by atoms with van der Waals surface area (Å²) in [6, 6.07) is 4.19. The highest BCUT2D eigenvalue weighted by Gasteiger charge is 2.13. The van der Waals surface area contributed by atoms with E-state index >= 15 is 0 Å². The van der Waals surface area contributed by atoms with E-state index in [1.165, 1.54) is 0 Å². The van der Waals surface area contributed by atoms with Gasteiger partial charge >= 0.3 is 0 Å². The van der Waals surface area contributed by atoms with Crippen molar-refractivity contribution in [2.24, 2.45) is 5.73 Å². The van der Waals surface area contributed by atoms with Crippen molar-refractivity contribution in [2.45, 2.75) is 26.8 Å². The van der Waals surface area contributed by atoms with Crippen molar-refractivity contribution in [2.75, 3.05) is 25.0 Å². The van der Waals surface area contributed by atoms with Crippen molar-refractivity contribution in [1.82, 2.24) is 4.90 Å². The highest BCUT2D eigenvalue weighted by Crippen LogP contribution is 2.27. The van der Waals surface area contributed by atoms with Crippen LogP contribution in [0.3, 0.4) is 0 Å². The van der Waals surface area contributed by atoms with E-state index in [9.17, 15) is 9.59 Å². The molecule has 1 rings (SSSR count). The van der Waals surface area contributed by atoms with Crippen molar-refractivity contribution < 1.29 is 14.3 Å². The lowest BCUT2D eigenvalue weighted by atomic mass is 10.2. The van der Waals surface area contributed by atoms with E-state index in [2.05, 4.69) is 5.32 Å². The highest BCUT2D eigenvalue weighted by atomic mass is 35.5. The van der Waals surface area contributed by atoms with Gasteiger partial charge in [-0.1, -0.05) is 11.6 Å². The molecule has 0 bridgehead atoms. The molecule has 0 unspecified atom stereocenters. The predicted octanol–water partition coefficient (Wildman–Crippen LogP) is 2.29. The number of nitrogens with zero attached hydrogens (tertiary/aromatic N) is 1. The molecule has 1 atom stereocenters. The SMILES string of the molecule is CCN(CC)C(=O)COc1ccc(NC(=O)[C@H](C)N)cc1Cl.Cl. The first-order valence-electron chi connectivity index (χ1n) is 7.15. The number of carbonyl (C=O) groups excluding carboxylic acids is 2. The molecule has 0 radical (unpaired) electrons. The largest absolute Gasteiger partial charge is 0.482 e. The van der Waals surface area contributed by atoms with Gasteiger partial charge in [0.15, 0.2) is 6.61 Å². The van der Waals surface area contributed by atoms with Gasteiger partial charge in [-0.25, -0.2) is 0 Å². The lowest BCUT2D eigenvalue weighted by molar-refractivity contribution is -0.133. The molecule has 0 fully saturated rings. The number of halogens is 2. The van der Waals surface area contributed by atoms with Gasteiger partial charge in [-0.3, -0.25) is 9.59 Å². The number of nitrogens with two attached hydrogens (primary N) is 1.